The Morgan fingerprint density at radius 3 is 1.94 bits per heavy atom. The van der Waals surface area contributed by atoms with Crippen LogP contribution in [0.25, 0.3) is 0 Å². The minimum atomic E-state index is -1.65. The quantitative estimate of drug-likeness (QED) is 0.389. The molecule has 0 saturated heterocycles. The Morgan fingerprint density at radius 2 is 1.34 bits per heavy atom. The molecule has 3 nitrogen and oxygen atoms in total. The Labute approximate surface area is 200 Å². The van der Waals surface area contributed by atoms with Crippen molar-refractivity contribution in [2.75, 3.05) is 0 Å². The zero-order valence-corrected chi connectivity index (χ0v) is 24.4. The normalized spacial score (nSPS) is 46.8. The van der Waals surface area contributed by atoms with Gasteiger partial charge < -0.3 is 8.85 Å². The maximum atomic E-state index is 12.5. The third-order valence-electron chi connectivity index (χ3n) is 10.1. The van der Waals surface area contributed by atoms with Gasteiger partial charge in [-0.3, -0.25) is 4.79 Å². The average molecular weight is 479 g/mol. The molecule has 4 rings (SSSR count). The molecule has 0 aliphatic heterocycles. The first-order valence-corrected chi connectivity index (χ1v) is 20.3. The van der Waals surface area contributed by atoms with Crippen LogP contribution in [0.15, 0.2) is 0 Å². The molecule has 0 bridgehead atoms. The van der Waals surface area contributed by atoms with Crippen molar-refractivity contribution in [2.24, 2.45) is 40.4 Å². The summed E-state index contributed by atoms with van der Waals surface area (Å²) < 4.78 is 13.7. The Bertz CT molecular complexity index is 725. The van der Waals surface area contributed by atoms with Gasteiger partial charge in [-0.25, -0.2) is 0 Å². The molecule has 4 saturated carbocycles. The molecule has 4 aliphatic carbocycles. The first kappa shape index (κ1) is 25.1. The third-order valence-corrected chi connectivity index (χ3v) is 12.2. The smallest absolute Gasteiger partial charge is 0.184 e. The fraction of sp³-hybridized carbons (Fsp3) is 0.963. The van der Waals surface area contributed by atoms with Crippen molar-refractivity contribution in [1.29, 1.82) is 0 Å². The van der Waals surface area contributed by atoms with Gasteiger partial charge in [0.2, 0.25) is 0 Å². The second-order valence-corrected chi connectivity index (χ2v) is 23.3. The van der Waals surface area contributed by atoms with Crippen LogP contribution in [-0.2, 0) is 13.6 Å². The number of hydrogen-bond acceptors (Lipinski definition) is 3. The van der Waals surface area contributed by atoms with E-state index in [1.54, 1.807) is 0 Å². The fourth-order valence-corrected chi connectivity index (χ4v) is 11.5. The number of hydrogen-bond donors (Lipinski definition) is 0. The maximum Gasteiger partial charge on any atom is 0.184 e. The molecule has 32 heavy (non-hydrogen) atoms. The molecular weight excluding hydrogens is 428 g/mol. The van der Waals surface area contributed by atoms with E-state index in [9.17, 15) is 4.79 Å². The molecule has 4 aliphatic rings. The van der Waals surface area contributed by atoms with Crippen LogP contribution in [-0.4, -0.2) is 34.6 Å². The van der Waals surface area contributed by atoms with Crippen LogP contribution in [0.3, 0.4) is 0 Å². The van der Waals surface area contributed by atoms with Gasteiger partial charge in [-0.15, -0.1) is 0 Å². The monoisotopic (exact) mass is 478 g/mol. The Hall–Kier alpha value is 0.0238. The number of carbonyl (C=O) groups excluding carboxylic acids is 1. The summed E-state index contributed by atoms with van der Waals surface area (Å²) in [7, 11) is -3.19. The second-order valence-electron chi connectivity index (χ2n) is 14.4. The van der Waals surface area contributed by atoms with Gasteiger partial charge in [0.05, 0.1) is 0 Å². The molecule has 0 spiro atoms. The first-order valence-electron chi connectivity index (χ1n) is 13.5. The van der Waals surface area contributed by atoms with Crippen molar-refractivity contribution in [3.8, 4) is 0 Å². The highest BCUT2D eigenvalue weighted by molar-refractivity contribution is 6.70. The molecule has 0 aromatic heterocycles. The van der Waals surface area contributed by atoms with Gasteiger partial charge in [0.15, 0.2) is 16.6 Å². The lowest BCUT2D eigenvalue weighted by molar-refractivity contribution is -0.166. The minimum absolute atomic E-state index is 0.220. The van der Waals surface area contributed by atoms with Crippen LogP contribution in [0.5, 0.6) is 0 Å². The number of Topliss-reactive ketones (excluding diaryl/α,β-unsaturated/α-hetero) is 1. The lowest BCUT2D eigenvalue weighted by atomic mass is 9.44. The third kappa shape index (κ3) is 4.49. The Balaban J connectivity index is 1.65. The maximum absolute atomic E-state index is 12.5. The van der Waals surface area contributed by atoms with Crippen LogP contribution in [0.4, 0.5) is 0 Å². The topological polar surface area (TPSA) is 35.5 Å². The molecule has 184 valence electrons. The molecule has 0 amide bonds. The zero-order chi connectivity index (χ0) is 23.7. The van der Waals surface area contributed by atoms with E-state index in [4.69, 9.17) is 8.85 Å². The van der Waals surface area contributed by atoms with Gasteiger partial charge in [-0.05, 0) is 132 Å². The highest BCUT2D eigenvalue weighted by Gasteiger charge is 2.63. The largest absolute Gasteiger partial charge is 0.415 e. The predicted molar refractivity (Wildman–Crippen MR) is 138 cm³/mol. The number of ketones is 1. The summed E-state index contributed by atoms with van der Waals surface area (Å²) in [6, 6.07) is 0. The van der Waals surface area contributed by atoms with E-state index >= 15 is 0 Å². The summed E-state index contributed by atoms with van der Waals surface area (Å²) in [4.78, 5) is 12.5. The summed E-state index contributed by atoms with van der Waals surface area (Å²) in [5.74, 6) is 3.58. The molecule has 5 heteroatoms. The van der Waals surface area contributed by atoms with Crippen LogP contribution in [0, 0.1) is 40.4 Å². The summed E-state index contributed by atoms with van der Waals surface area (Å²) in [6.07, 6.45) is 10.7. The standard InChI is InChI=1S/C27H50O3Si2/c1-18(28)21-10-11-22-20-17-25(30-32(7,8)9)24-16-19(29-31(4,5)6)12-14-27(24,3)23(20)13-15-26(21,22)2/h19-25H,10-17H2,1-9H3. The van der Waals surface area contributed by atoms with E-state index in [0.717, 1.165) is 18.3 Å². The van der Waals surface area contributed by atoms with Gasteiger partial charge in [0.1, 0.15) is 5.78 Å². The van der Waals surface area contributed by atoms with Crippen LogP contribution in [0.1, 0.15) is 72.1 Å². The van der Waals surface area contributed by atoms with Crippen molar-refractivity contribution < 1.29 is 13.6 Å². The molecule has 4 fully saturated rings. The molecule has 0 heterocycles. The second kappa shape index (κ2) is 8.31. The molecule has 0 N–H and O–H groups in total. The first-order chi connectivity index (χ1) is 14.6. The van der Waals surface area contributed by atoms with Crippen LogP contribution >= 0.6 is 0 Å². The van der Waals surface area contributed by atoms with E-state index in [1.807, 2.05) is 6.92 Å². The van der Waals surface area contributed by atoms with Crippen molar-refractivity contribution in [2.45, 2.75) is 124 Å². The van der Waals surface area contributed by atoms with E-state index in [-0.39, 0.29) is 11.3 Å². The minimum Gasteiger partial charge on any atom is -0.415 e. The van der Waals surface area contributed by atoms with Crippen molar-refractivity contribution >= 4 is 22.4 Å². The summed E-state index contributed by atoms with van der Waals surface area (Å²) in [5, 5.41) is 0. The molecule has 0 aromatic carbocycles. The van der Waals surface area contributed by atoms with Gasteiger partial charge in [-0.2, -0.15) is 0 Å². The number of rotatable bonds is 5. The molecule has 0 aromatic rings. The lowest BCUT2D eigenvalue weighted by Crippen LogP contribution is -2.60. The SMILES string of the molecule is CC(=O)C1CCC2C3CC(O[Si](C)(C)C)C4CC(O[Si](C)(C)C)CCC4(C)C3CCC12C. The molecule has 9 unspecified atom stereocenters. The van der Waals surface area contributed by atoms with E-state index in [1.165, 1.54) is 44.9 Å². The highest BCUT2D eigenvalue weighted by Crippen LogP contribution is 2.68. The summed E-state index contributed by atoms with van der Waals surface area (Å²) in [5.41, 5.74) is 0.584. The average Bonchev–Trinajstić information content (AvgIpc) is 2.98. The van der Waals surface area contributed by atoms with Gasteiger partial charge in [-0.1, -0.05) is 13.8 Å². The molecule has 9 atom stereocenters. The lowest BCUT2D eigenvalue weighted by Gasteiger charge is -2.63. The van der Waals surface area contributed by atoms with Crippen LogP contribution in [0.2, 0.25) is 39.3 Å². The molecular formula is C27H50O3Si2. The highest BCUT2D eigenvalue weighted by atomic mass is 28.4. The van der Waals surface area contributed by atoms with E-state index < -0.39 is 16.6 Å². The van der Waals surface area contributed by atoms with Crippen LogP contribution < -0.4 is 0 Å². The fourth-order valence-electron chi connectivity index (χ4n) is 9.09. The van der Waals surface area contributed by atoms with Gasteiger partial charge >= 0.3 is 0 Å². The summed E-state index contributed by atoms with van der Waals surface area (Å²) in [6.45, 7) is 21.0. The van der Waals surface area contributed by atoms with Crippen molar-refractivity contribution in [3.05, 3.63) is 0 Å². The number of fused-ring (bicyclic) bond motifs is 5. The Kier molecular flexibility index (Phi) is 6.52. The van der Waals surface area contributed by atoms with Gasteiger partial charge in [0, 0.05) is 18.1 Å². The number of carbonyl (C=O) groups is 1. The van der Waals surface area contributed by atoms with E-state index in [0.29, 0.717) is 35.2 Å². The van der Waals surface area contributed by atoms with Crippen molar-refractivity contribution in [3.63, 3.8) is 0 Å². The Morgan fingerprint density at radius 1 is 0.750 bits per heavy atom. The van der Waals surface area contributed by atoms with Gasteiger partial charge in [0.25, 0.3) is 0 Å². The predicted octanol–water partition coefficient (Wildman–Crippen LogP) is 7.28. The van der Waals surface area contributed by atoms with Crippen molar-refractivity contribution in [1.82, 2.24) is 0 Å². The molecule has 0 radical (unpaired) electrons. The summed E-state index contributed by atoms with van der Waals surface area (Å²) >= 11 is 0. The van der Waals surface area contributed by atoms with E-state index in [2.05, 4.69) is 53.1 Å². The zero-order valence-electron chi connectivity index (χ0n) is 22.4.